The zero-order valence-corrected chi connectivity index (χ0v) is 12.6. The van der Waals surface area contributed by atoms with E-state index in [9.17, 15) is 0 Å². The second kappa shape index (κ2) is 5.35. The number of nitrogens with two attached hydrogens (primary N) is 1. The van der Waals surface area contributed by atoms with Crippen LogP contribution in [0, 0.1) is 0 Å². The topological polar surface area (TPSA) is 69.6 Å². The molecule has 0 radical (unpaired) electrons. The van der Waals surface area contributed by atoms with Crippen LogP contribution in [-0.4, -0.2) is 20.0 Å². The van der Waals surface area contributed by atoms with Crippen LogP contribution < -0.4 is 5.73 Å². The average Bonchev–Trinajstić information content (AvgIpc) is 2.76. The number of aryl methyl sites for hydroxylation is 1. The Morgan fingerprint density at radius 3 is 2.62 bits per heavy atom. The number of anilines is 1. The van der Waals surface area contributed by atoms with Crippen molar-refractivity contribution < 1.29 is 0 Å². The van der Waals surface area contributed by atoms with Crippen molar-refractivity contribution in [1.82, 2.24) is 20.0 Å². The third-order valence-corrected chi connectivity index (χ3v) is 3.70. The number of rotatable bonds is 2. The molecular formula is C14H11Cl2N5. The SMILES string of the molecule is Cn1nc(-c2ccnnc2)c(-c2ccc(Cl)cc2Cl)c1N. The van der Waals surface area contributed by atoms with Crippen LogP contribution in [0.3, 0.4) is 0 Å². The van der Waals surface area contributed by atoms with Crippen LogP contribution in [0.2, 0.25) is 10.0 Å². The van der Waals surface area contributed by atoms with Gasteiger partial charge in [-0.15, -0.1) is 0 Å². The van der Waals surface area contributed by atoms with Gasteiger partial charge in [0.15, 0.2) is 0 Å². The molecule has 0 amide bonds. The Hall–Kier alpha value is -2.11. The largest absolute Gasteiger partial charge is 0.383 e. The molecule has 0 spiro atoms. The van der Waals surface area contributed by atoms with Crippen molar-refractivity contribution in [2.45, 2.75) is 0 Å². The summed E-state index contributed by atoms with van der Waals surface area (Å²) in [6.45, 7) is 0. The fourth-order valence-corrected chi connectivity index (χ4v) is 2.63. The third kappa shape index (κ3) is 2.46. The minimum atomic E-state index is 0.519. The summed E-state index contributed by atoms with van der Waals surface area (Å²) in [5.74, 6) is 0.519. The average molecular weight is 320 g/mol. The van der Waals surface area contributed by atoms with Crippen LogP contribution in [0.5, 0.6) is 0 Å². The van der Waals surface area contributed by atoms with Crippen LogP contribution in [0.25, 0.3) is 22.4 Å². The second-order valence-corrected chi connectivity index (χ2v) is 5.33. The van der Waals surface area contributed by atoms with Gasteiger partial charge in [0.2, 0.25) is 0 Å². The number of hydrogen-bond acceptors (Lipinski definition) is 4. The first-order valence-corrected chi connectivity index (χ1v) is 6.88. The zero-order valence-electron chi connectivity index (χ0n) is 11.1. The molecule has 0 aliphatic rings. The highest BCUT2D eigenvalue weighted by molar-refractivity contribution is 6.36. The Kier molecular flexibility index (Phi) is 3.53. The number of benzene rings is 1. The van der Waals surface area contributed by atoms with Gasteiger partial charge in [0.25, 0.3) is 0 Å². The first-order chi connectivity index (χ1) is 10.1. The summed E-state index contributed by atoms with van der Waals surface area (Å²) < 4.78 is 1.61. The van der Waals surface area contributed by atoms with Crippen molar-refractivity contribution in [2.24, 2.45) is 7.05 Å². The molecular weight excluding hydrogens is 309 g/mol. The lowest BCUT2D eigenvalue weighted by Crippen LogP contribution is -1.98. The van der Waals surface area contributed by atoms with E-state index in [1.807, 2.05) is 12.1 Å². The van der Waals surface area contributed by atoms with Crippen molar-refractivity contribution >= 4 is 29.0 Å². The molecule has 2 heterocycles. The maximum atomic E-state index is 6.30. The highest BCUT2D eigenvalue weighted by atomic mass is 35.5. The molecule has 106 valence electrons. The van der Waals surface area contributed by atoms with Gasteiger partial charge in [-0.2, -0.15) is 15.3 Å². The molecule has 0 atom stereocenters. The summed E-state index contributed by atoms with van der Waals surface area (Å²) in [6, 6.07) is 7.10. The first-order valence-electron chi connectivity index (χ1n) is 6.13. The van der Waals surface area contributed by atoms with E-state index in [1.165, 1.54) is 0 Å². The molecule has 0 aliphatic carbocycles. The number of hydrogen-bond donors (Lipinski definition) is 1. The van der Waals surface area contributed by atoms with Crippen LogP contribution in [0.1, 0.15) is 0 Å². The van der Waals surface area contributed by atoms with Gasteiger partial charge in [-0.1, -0.05) is 29.3 Å². The van der Waals surface area contributed by atoms with Crippen LogP contribution >= 0.6 is 23.2 Å². The van der Waals surface area contributed by atoms with Gasteiger partial charge >= 0.3 is 0 Å². The monoisotopic (exact) mass is 319 g/mol. The van der Waals surface area contributed by atoms with Crippen molar-refractivity contribution in [3.63, 3.8) is 0 Å². The lowest BCUT2D eigenvalue weighted by Gasteiger charge is -2.07. The summed E-state index contributed by atoms with van der Waals surface area (Å²) in [7, 11) is 1.78. The van der Waals surface area contributed by atoms with Gasteiger partial charge in [-0.05, 0) is 18.2 Å². The lowest BCUT2D eigenvalue weighted by molar-refractivity contribution is 0.782. The Morgan fingerprint density at radius 2 is 1.95 bits per heavy atom. The standard InChI is InChI=1S/C14H11Cl2N5/c1-21-14(17)12(10-3-2-9(15)6-11(10)16)13(20-21)8-4-5-18-19-7-8/h2-7H,17H2,1H3. The van der Waals surface area contributed by atoms with E-state index in [4.69, 9.17) is 28.9 Å². The third-order valence-electron chi connectivity index (χ3n) is 3.15. The smallest absolute Gasteiger partial charge is 0.129 e. The van der Waals surface area contributed by atoms with Crippen LogP contribution in [0.15, 0.2) is 36.7 Å². The molecule has 0 saturated heterocycles. The minimum absolute atomic E-state index is 0.519. The van der Waals surface area contributed by atoms with Gasteiger partial charge in [0.1, 0.15) is 11.5 Å². The predicted molar refractivity (Wildman–Crippen MR) is 84.1 cm³/mol. The Bertz CT molecular complexity index is 799. The van der Waals surface area contributed by atoms with E-state index in [1.54, 1.807) is 36.3 Å². The van der Waals surface area contributed by atoms with Gasteiger partial charge in [0, 0.05) is 23.2 Å². The fraction of sp³-hybridized carbons (Fsp3) is 0.0714. The van der Waals surface area contributed by atoms with Gasteiger partial charge in [0.05, 0.1) is 23.0 Å². The van der Waals surface area contributed by atoms with Crippen molar-refractivity contribution in [3.8, 4) is 22.4 Å². The number of nitrogen functional groups attached to an aromatic ring is 1. The highest BCUT2D eigenvalue weighted by Crippen LogP contribution is 2.39. The van der Waals surface area contributed by atoms with Gasteiger partial charge in [-0.3, -0.25) is 4.68 Å². The summed E-state index contributed by atoms with van der Waals surface area (Å²) in [4.78, 5) is 0. The Balaban J connectivity index is 2.27. The molecule has 5 nitrogen and oxygen atoms in total. The van der Waals surface area contributed by atoms with E-state index >= 15 is 0 Å². The summed E-state index contributed by atoms with van der Waals surface area (Å²) in [5.41, 5.74) is 9.21. The van der Waals surface area contributed by atoms with Gasteiger partial charge < -0.3 is 5.73 Å². The maximum Gasteiger partial charge on any atom is 0.129 e. The maximum absolute atomic E-state index is 6.30. The number of halogens is 2. The second-order valence-electron chi connectivity index (χ2n) is 4.49. The molecule has 3 rings (SSSR count). The molecule has 21 heavy (non-hydrogen) atoms. The van der Waals surface area contributed by atoms with E-state index in [-0.39, 0.29) is 0 Å². The molecule has 0 bridgehead atoms. The fourth-order valence-electron chi connectivity index (χ4n) is 2.13. The van der Waals surface area contributed by atoms with Crippen molar-refractivity contribution in [1.29, 1.82) is 0 Å². The molecule has 0 saturated carbocycles. The van der Waals surface area contributed by atoms with E-state index in [0.717, 1.165) is 16.7 Å². The quantitative estimate of drug-likeness (QED) is 0.785. The number of nitrogens with zero attached hydrogens (tertiary/aromatic N) is 4. The zero-order chi connectivity index (χ0) is 15.0. The Labute approximate surface area is 131 Å². The molecule has 3 aromatic rings. The first kappa shape index (κ1) is 13.9. The van der Waals surface area contributed by atoms with Crippen LogP contribution in [0.4, 0.5) is 5.82 Å². The number of aromatic nitrogens is 4. The summed E-state index contributed by atoms with van der Waals surface area (Å²) in [5, 5.41) is 13.2. The van der Waals surface area contributed by atoms with Crippen molar-refractivity contribution in [2.75, 3.05) is 5.73 Å². The van der Waals surface area contributed by atoms with Crippen molar-refractivity contribution in [3.05, 3.63) is 46.7 Å². The van der Waals surface area contributed by atoms with Crippen LogP contribution in [-0.2, 0) is 7.05 Å². The highest BCUT2D eigenvalue weighted by Gasteiger charge is 2.19. The molecule has 0 fully saturated rings. The predicted octanol–water partition coefficient (Wildman–Crippen LogP) is 3.43. The summed E-state index contributed by atoms with van der Waals surface area (Å²) >= 11 is 12.3. The lowest BCUT2D eigenvalue weighted by atomic mass is 10.0. The molecule has 2 aromatic heterocycles. The molecule has 7 heteroatoms. The normalized spacial score (nSPS) is 10.8. The van der Waals surface area contributed by atoms with E-state index < -0.39 is 0 Å². The minimum Gasteiger partial charge on any atom is -0.383 e. The summed E-state index contributed by atoms with van der Waals surface area (Å²) in [6.07, 6.45) is 3.24. The molecule has 0 unspecified atom stereocenters. The molecule has 0 aliphatic heterocycles. The van der Waals surface area contributed by atoms with E-state index in [0.29, 0.717) is 21.6 Å². The van der Waals surface area contributed by atoms with E-state index in [2.05, 4.69) is 15.3 Å². The van der Waals surface area contributed by atoms with Gasteiger partial charge in [-0.25, -0.2) is 0 Å². The molecule has 1 aromatic carbocycles. The Morgan fingerprint density at radius 1 is 1.14 bits per heavy atom. The molecule has 2 N–H and O–H groups in total.